The van der Waals surface area contributed by atoms with Gasteiger partial charge in [0.15, 0.2) is 6.61 Å². The molecule has 0 saturated carbocycles. The van der Waals surface area contributed by atoms with E-state index in [1.54, 1.807) is 0 Å². The fourth-order valence-electron chi connectivity index (χ4n) is 4.52. The summed E-state index contributed by atoms with van der Waals surface area (Å²) in [6.45, 7) is -0.133. The lowest BCUT2D eigenvalue weighted by atomic mass is 9.96. The summed E-state index contributed by atoms with van der Waals surface area (Å²) in [5, 5.41) is 9.38. The lowest BCUT2D eigenvalue weighted by Gasteiger charge is -2.18. The summed E-state index contributed by atoms with van der Waals surface area (Å²) in [6.07, 6.45) is 2.08. The first-order chi connectivity index (χ1) is 20.0. The van der Waals surface area contributed by atoms with Gasteiger partial charge in [0.2, 0.25) is 0 Å². The summed E-state index contributed by atoms with van der Waals surface area (Å²) in [5.74, 6) is 0.104. The number of hydrogen-bond donors (Lipinski definition) is 1. The quantitative estimate of drug-likeness (QED) is 0.161. The Labute approximate surface area is 256 Å². The van der Waals surface area contributed by atoms with Gasteiger partial charge in [-0.1, -0.05) is 117 Å². The van der Waals surface area contributed by atoms with Gasteiger partial charge in [-0.25, -0.2) is 4.79 Å². The fourth-order valence-corrected chi connectivity index (χ4v) is 5.05. The van der Waals surface area contributed by atoms with Crippen molar-refractivity contribution >= 4 is 43.4 Å². The highest BCUT2D eigenvalue weighted by Gasteiger charge is 2.18. The number of carbonyl (C=O) groups is 1. The molecule has 0 radical (unpaired) electrons. The van der Waals surface area contributed by atoms with Crippen LogP contribution in [0.15, 0.2) is 136 Å². The van der Waals surface area contributed by atoms with Crippen LogP contribution in [0.25, 0.3) is 27.8 Å². The minimum atomic E-state index is -1.04. The molecule has 1 N–H and O–H groups in total. The topological polar surface area (TPSA) is 55.8 Å². The van der Waals surface area contributed by atoms with E-state index >= 15 is 0 Å². The molecule has 5 aromatic rings. The molecule has 0 saturated heterocycles. The number of carboxylic acids is 1. The van der Waals surface area contributed by atoms with E-state index in [4.69, 9.17) is 9.47 Å². The molecular formula is C35H26Br2O4. The first-order valence-corrected chi connectivity index (χ1v) is 14.5. The highest BCUT2D eigenvalue weighted by Crippen LogP contribution is 2.42. The summed E-state index contributed by atoms with van der Waals surface area (Å²) in [4.78, 5) is 11.5. The first-order valence-electron chi connectivity index (χ1n) is 13.0. The molecule has 0 amide bonds. The molecule has 204 valence electrons. The summed E-state index contributed by atoms with van der Waals surface area (Å²) in [5.41, 5.74) is 6.52. The highest BCUT2D eigenvalue weighted by atomic mass is 79.9. The van der Waals surface area contributed by atoms with Crippen molar-refractivity contribution in [1.82, 2.24) is 0 Å². The Morgan fingerprint density at radius 3 is 1.56 bits per heavy atom. The third-order valence-corrected chi connectivity index (χ3v) is 7.48. The Hall–Kier alpha value is -4.13. The number of ether oxygens (including phenoxy) is 2. The molecular weight excluding hydrogens is 644 g/mol. The van der Waals surface area contributed by atoms with E-state index < -0.39 is 12.6 Å². The van der Waals surface area contributed by atoms with Gasteiger partial charge in [-0.15, -0.1) is 0 Å². The van der Waals surface area contributed by atoms with Crippen molar-refractivity contribution in [3.8, 4) is 33.8 Å². The van der Waals surface area contributed by atoms with Gasteiger partial charge in [0.25, 0.3) is 0 Å². The molecule has 0 atom stereocenters. The zero-order valence-corrected chi connectivity index (χ0v) is 25.1. The van der Waals surface area contributed by atoms with Crippen LogP contribution >= 0.6 is 31.9 Å². The maximum absolute atomic E-state index is 11.5. The van der Waals surface area contributed by atoms with Crippen molar-refractivity contribution in [2.75, 3.05) is 13.2 Å². The third-order valence-electron chi connectivity index (χ3n) is 6.42. The molecule has 5 aromatic carbocycles. The normalized spacial score (nSPS) is 10.6. The molecule has 0 spiro atoms. The fraction of sp³-hybridized carbons (Fsp3) is 0.0571. The maximum Gasteiger partial charge on any atom is 0.341 e. The molecule has 0 heterocycles. The van der Waals surface area contributed by atoms with E-state index in [0.717, 1.165) is 47.9 Å². The monoisotopic (exact) mass is 668 g/mol. The number of halogens is 2. The van der Waals surface area contributed by atoms with Crippen LogP contribution in [0.3, 0.4) is 0 Å². The second-order valence-electron chi connectivity index (χ2n) is 9.20. The second-order valence-corrected chi connectivity index (χ2v) is 11.0. The molecule has 4 nitrogen and oxygen atoms in total. The average molecular weight is 670 g/mol. The van der Waals surface area contributed by atoms with E-state index in [9.17, 15) is 9.90 Å². The molecule has 0 aliphatic rings. The van der Waals surface area contributed by atoms with Crippen LogP contribution in [0.1, 0.15) is 11.1 Å². The van der Waals surface area contributed by atoms with Gasteiger partial charge >= 0.3 is 5.97 Å². The Bertz CT molecular complexity index is 1540. The zero-order chi connectivity index (χ0) is 28.6. The first kappa shape index (κ1) is 28.4. The van der Waals surface area contributed by atoms with Crippen molar-refractivity contribution in [3.05, 3.63) is 147 Å². The van der Waals surface area contributed by atoms with Crippen molar-refractivity contribution in [2.45, 2.75) is 0 Å². The summed E-state index contributed by atoms with van der Waals surface area (Å²) in [7, 11) is 0. The van der Waals surface area contributed by atoms with Gasteiger partial charge in [-0.2, -0.15) is 0 Å². The molecule has 41 heavy (non-hydrogen) atoms. The van der Waals surface area contributed by atoms with Gasteiger partial charge in [0.1, 0.15) is 18.1 Å². The standard InChI is InChI=1S/C35H26Br2O4/c36-28-15-11-26(12-16-28)31(27-13-17-29(37)18-14-27)19-20-40-30-21-32(24-7-3-1-4-8-24)35(41-23-34(38)39)33(22-30)25-9-5-2-6-10-25/h1-19,21-22H,20,23H2,(H,38,39). The number of benzene rings is 5. The Morgan fingerprint density at radius 2 is 1.12 bits per heavy atom. The van der Waals surface area contributed by atoms with Crippen molar-refractivity contribution in [3.63, 3.8) is 0 Å². The lowest BCUT2D eigenvalue weighted by molar-refractivity contribution is -0.139. The second kappa shape index (κ2) is 13.5. The van der Waals surface area contributed by atoms with Crippen LogP contribution in [-0.2, 0) is 4.79 Å². The highest BCUT2D eigenvalue weighted by molar-refractivity contribution is 9.10. The summed E-state index contributed by atoms with van der Waals surface area (Å²) < 4.78 is 14.3. The molecule has 0 aromatic heterocycles. The minimum Gasteiger partial charge on any atom is -0.489 e. The lowest BCUT2D eigenvalue weighted by Crippen LogP contribution is -2.11. The Balaban J connectivity index is 1.56. The smallest absolute Gasteiger partial charge is 0.341 e. The zero-order valence-electron chi connectivity index (χ0n) is 22.0. The van der Waals surface area contributed by atoms with E-state index in [-0.39, 0.29) is 0 Å². The largest absolute Gasteiger partial charge is 0.489 e. The average Bonchev–Trinajstić information content (AvgIpc) is 3.00. The molecule has 0 aliphatic heterocycles. The number of rotatable bonds is 10. The van der Waals surface area contributed by atoms with Crippen LogP contribution in [0.5, 0.6) is 11.5 Å². The molecule has 0 aliphatic carbocycles. The van der Waals surface area contributed by atoms with E-state index in [1.165, 1.54) is 0 Å². The molecule has 5 rings (SSSR count). The summed E-state index contributed by atoms with van der Waals surface area (Å²) >= 11 is 7.05. The van der Waals surface area contributed by atoms with Crippen molar-refractivity contribution in [2.24, 2.45) is 0 Å². The summed E-state index contributed by atoms with van der Waals surface area (Å²) in [6, 6.07) is 39.8. The van der Waals surface area contributed by atoms with E-state index in [1.807, 2.05) is 97.1 Å². The van der Waals surface area contributed by atoms with Crippen molar-refractivity contribution in [1.29, 1.82) is 0 Å². The third kappa shape index (κ3) is 7.34. The van der Waals surface area contributed by atoms with Gasteiger partial charge < -0.3 is 14.6 Å². The van der Waals surface area contributed by atoms with Crippen LogP contribution in [0, 0.1) is 0 Å². The van der Waals surface area contributed by atoms with Crippen molar-refractivity contribution < 1.29 is 19.4 Å². The van der Waals surface area contributed by atoms with Crippen LogP contribution in [0.2, 0.25) is 0 Å². The molecule has 0 bridgehead atoms. The number of carboxylic acid groups (broad SMARTS) is 1. The van der Waals surface area contributed by atoms with Crippen LogP contribution in [-0.4, -0.2) is 24.3 Å². The minimum absolute atomic E-state index is 0.319. The van der Waals surface area contributed by atoms with Crippen LogP contribution < -0.4 is 9.47 Å². The maximum atomic E-state index is 11.5. The van der Waals surface area contributed by atoms with Gasteiger partial charge in [-0.05, 0) is 70.3 Å². The Morgan fingerprint density at radius 1 is 0.659 bits per heavy atom. The van der Waals surface area contributed by atoms with Gasteiger partial charge in [0, 0.05) is 20.1 Å². The molecule has 6 heteroatoms. The predicted molar refractivity (Wildman–Crippen MR) is 171 cm³/mol. The number of aliphatic carboxylic acids is 1. The predicted octanol–water partition coefficient (Wildman–Crippen LogP) is 9.52. The van der Waals surface area contributed by atoms with Gasteiger partial charge in [0.05, 0.1) is 0 Å². The van der Waals surface area contributed by atoms with E-state index in [2.05, 4.69) is 62.2 Å². The number of hydrogen-bond acceptors (Lipinski definition) is 3. The van der Waals surface area contributed by atoms with Gasteiger partial charge in [-0.3, -0.25) is 0 Å². The van der Waals surface area contributed by atoms with Crippen LogP contribution in [0.4, 0.5) is 0 Å². The molecule has 0 unspecified atom stereocenters. The SMILES string of the molecule is O=C(O)COc1c(-c2ccccc2)cc(OCC=C(c2ccc(Br)cc2)c2ccc(Br)cc2)cc1-c1ccccc1. The molecule has 0 fully saturated rings. The van der Waals surface area contributed by atoms with E-state index in [0.29, 0.717) is 18.1 Å². The Kier molecular flexibility index (Phi) is 9.34.